The highest BCUT2D eigenvalue weighted by molar-refractivity contribution is 5.96. The van der Waals surface area contributed by atoms with Crippen LogP contribution in [0.1, 0.15) is 37.6 Å². The molecule has 1 aromatic carbocycles. The summed E-state index contributed by atoms with van der Waals surface area (Å²) in [5, 5.41) is 3.02. The summed E-state index contributed by atoms with van der Waals surface area (Å²) >= 11 is 0. The second-order valence-electron chi connectivity index (χ2n) is 4.47. The van der Waals surface area contributed by atoms with E-state index in [9.17, 15) is 9.59 Å². The number of carbonyl (C=O) groups is 2. The normalized spacial score (nSPS) is 11.0. The van der Waals surface area contributed by atoms with Gasteiger partial charge < -0.3 is 11.1 Å². The maximum Gasteiger partial charge on any atom is 0.242 e. The van der Waals surface area contributed by atoms with Crippen LogP contribution in [-0.4, -0.2) is 17.2 Å². The Balaban J connectivity index is 2.82. The van der Waals surface area contributed by atoms with Gasteiger partial charge in [0.05, 0.1) is 0 Å². The first-order chi connectivity index (χ1) is 7.86. The number of rotatable bonds is 5. The molecule has 0 aliphatic carbocycles. The average Bonchev–Trinajstić information content (AvgIpc) is 2.28. The van der Waals surface area contributed by atoms with Crippen molar-refractivity contribution in [1.29, 1.82) is 0 Å². The van der Waals surface area contributed by atoms with Crippen LogP contribution in [0.15, 0.2) is 24.3 Å². The quantitative estimate of drug-likeness (QED) is 0.765. The lowest BCUT2D eigenvalue weighted by atomic mass is 10.0. The van der Waals surface area contributed by atoms with Gasteiger partial charge in [-0.1, -0.05) is 6.92 Å². The van der Waals surface area contributed by atoms with Gasteiger partial charge in [-0.3, -0.25) is 9.59 Å². The molecule has 3 N–H and O–H groups in total. The number of carbonyl (C=O) groups excluding carboxylic acids is 2. The number of amides is 1. The van der Waals surface area contributed by atoms with Crippen LogP contribution in [-0.2, 0) is 4.79 Å². The number of benzene rings is 1. The number of nitrogens with one attached hydrogen (secondary N) is 1. The topological polar surface area (TPSA) is 72.2 Å². The Morgan fingerprint density at radius 2 is 1.76 bits per heavy atom. The van der Waals surface area contributed by atoms with Crippen molar-refractivity contribution in [2.45, 2.75) is 32.7 Å². The van der Waals surface area contributed by atoms with E-state index in [1.54, 1.807) is 38.1 Å². The molecule has 0 radical (unpaired) electrons. The van der Waals surface area contributed by atoms with Gasteiger partial charge in [-0.2, -0.15) is 0 Å². The molecule has 1 aromatic rings. The highest BCUT2D eigenvalue weighted by Gasteiger charge is 2.24. The zero-order valence-electron chi connectivity index (χ0n) is 10.4. The monoisotopic (exact) mass is 234 g/mol. The molecule has 0 heterocycles. The number of anilines is 1. The van der Waals surface area contributed by atoms with Crippen molar-refractivity contribution in [2.75, 3.05) is 5.32 Å². The minimum Gasteiger partial charge on any atom is -0.372 e. The first-order valence-electron chi connectivity index (χ1n) is 5.58. The smallest absolute Gasteiger partial charge is 0.242 e. The first-order valence-corrected chi connectivity index (χ1v) is 5.58. The standard InChI is InChI=1S/C13H18N2O2/c1-4-11(16)9-5-7-10(8-6-9)15-13(2,3)12(14)17/h5-8,15H,4H2,1-3H3,(H2,14,17). The number of hydrogen-bond donors (Lipinski definition) is 2. The molecule has 1 amide bonds. The Morgan fingerprint density at radius 1 is 1.24 bits per heavy atom. The van der Waals surface area contributed by atoms with E-state index >= 15 is 0 Å². The minimum atomic E-state index is -0.809. The molecule has 0 fully saturated rings. The van der Waals surface area contributed by atoms with E-state index in [1.807, 2.05) is 6.92 Å². The SMILES string of the molecule is CCC(=O)c1ccc(NC(C)(C)C(N)=O)cc1. The van der Waals surface area contributed by atoms with E-state index in [0.717, 1.165) is 5.69 Å². The second kappa shape index (κ2) is 4.99. The molecule has 0 saturated carbocycles. The van der Waals surface area contributed by atoms with Crippen molar-refractivity contribution in [3.05, 3.63) is 29.8 Å². The summed E-state index contributed by atoms with van der Waals surface area (Å²) in [6, 6.07) is 7.03. The summed E-state index contributed by atoms with van der Waals surface area (Å²) in [5.41, 5.74) is 5.89. The first kappa shape index (κ1) is 13.2. The molecule has 4 nitrogen and oxygen atoms in total. The van der Waals surface area contributed by atoms with Crippen molar-refractivity contribution in [1.82, 2.24) is 0 Å². The van der Waals surface area contributed by atoms with E-state index in [4.69, 9.17) is 5.73 Å². The summed E-state index contributed by atoms with van der Waals surface area (Å²) < 4.78 is 0. The summed E-state index contributed by atoms with van der Waals surface area (Å²) in [7, 11) is 0. The predicted octanol–water partition coefficient (Wildman–Crippen LogP) is 1.96. The Bertz CT molecular complexity index is 422. The summed E-state index contributed by atoms with van der Waals surface area (Å²) in [4.78, 5) is 22.6. The number of primary amides is 1. The van der Waals surface area contributed by atoms with Crippen LogP contribution in [0.3, 0.4) is 0 Å². The molecule has 0 saturated heterocycles. The molecule has 0 aromatic heterocycles. The van der Waals surface area contributed by atoms with Crippen LogP contribution in [0.5, 0.6) is 0 Å². The third kappa shape index (κ3) is 3.31. The number of ketones is 1. The van der Waals surface area contributed by atoms with Crippen LogP contribution in [0.2, 0.25) is 0 Å². The Hall–Kier alpha value is -1.84. The summed E-state index contributed by atoms with van der Waals surface area (Å²) in [5.74, 6) is -0.322. The molecular formula is C13H18N2O2. The fraction of sp³-hybridized carbons (Fsp3) is 0.385. The molecule has 17 heavy (non-hydrogen) atoms. The third-order valence-electron chi connectivity index (χ3n) is 2.60. The number of nitrogens with two attached hydrogens (primary N) is 1. The van der Waals surface area contributed by atoms with E-state index in [-0.39, 0.29) is 5.78 Å². The van der Waals surface area contributed by atoms with E-state index in [2.05, 4.69) is 5.32 Å². The largest absolute Gasteiger partial charge is 0.372 e. The molecule has 0 unspecified atom stereocenters. The Labute approximate surface area is 101 Å². The Kier molecular flexibility index (Phi) is 3.89. The van der Waals surface area contributed by atoms with Crippen LogP contribution in [0.4, 0.5) is 5.69 Å². The van der Waals surface area contributed by atoms with Gasteiger partial charge in [0, 0.05) is 17.7 Å². The molecule has 4 heteroatoms. The van der Waals surface area contributed by atoms with Crippen molar-refractivity contribution in [3.63, 3.8) is 0 Å². The zero-order valence-corrected chi connectivity index (χ0v) is 10.4. The van der Waals surface area contributed by atoms with Crippen LogP contribution < -0.4 is 11.1 Å². The maximum absolute atomic E-state index is 11.4. The van der Waals surface area contributed by atoms with Gasteiger partial charge >= 0.3 is 0 Å². The average molecular weight is 234 g/mol. The van der Waals surface area contributed by atoms with Gasteiger partial charge in [0.25, 0.3) is 0 Å². The molecule has 0 bridgehead atoms. The highest BCUT2D eigenvalue weighted by atomic mass is 16.1. The van der Waals surface area contributed by atoms with Gasteiger partial charge in [0.1, 0.15) is 5.54 Å². The lowest BCUT2D eigenvalue weighted by Gasteiger charge is -2.23. The van der Waals surface area contributed by atoms with Gasteiger partial charge in [-0.15, -0.1) is 0 Å². The van der Waals surface area contributed by atoms with Crippen molar-refractivity contribution < 1.29 is 9.59 Å². The van der Waals surface area contributed by atoms with Crippen LogP contribution >= 0.6 is 0 Å². The Morgan fingerprint density at radius 3 is 2.18 bits per heavy atom. The second-order valence-corrected chi connectivity index (χ2v) is 4.47. The van der Waals surface area contributed by atoms with Crippen molar-refractivity contribution in [2.24, 2.45) is 5.73 Å². The van der Waals surface area contributed by atoms with Crippen molar-refractivity contribution in [3.8, 4) is 0 Å². The van der Waals surface area contributed by atoms with Crippen molar-refractivity contribution >= 4 is 17.4 Å². The van der Waals surface area contributed by atoms with Gasteiger partial charge in [-0.25, -0.2) is 0 Å². The summed E-state index contributed by atoms with van der Waals surface area (Å²) in [6.07, 6.45) is 0.486. The maximum atomic E-state index is 11.4. The molecule has 0 spiro atoms. The van der Waals surface area contributed by atoms with Gasteiger partial charge in [0.15, 0.2) is 5.78 Å². The predicted molar refractivity (Wildman–Crippen MR) is 68.0 cm³/mol. The minimum absolute atomic E-state index is 0.103. The fourth-order valence-electron chi connectivity index (χ4n) is 1.37. The molecule has 0 aliphatic heterocycles. The summed E-state index contributed by atoms with van der Waals surface area (Å²) in [6.45, 7) is 5.24. The number of Topliss-reactive ketones (excluding diaryl/α,β-unsaturated/α-hetero) is 1. The number of hydrogen-bond acceptors (Lipinski definition) is 3. The van der Waals surface area contributed by atoms with E-state index in [1.165, 1.54) is 0 Å². The van der Waals surface area contributed by atoms with E-state index in [0.29, 0.717) is 12.0 Å². The van der Waals surface area contributed by atoms with Crippen LogP contribution in [0.25, 0.3) is 0 Å². The van der Waals surface area contributed by atoms with Gasteiger partial charge in [0.2, 0.25) is 5.91 Å². The molecule has 0 atom stereocenters. The molecule has 92 valence electrons. The van der Waals surface area contributed by atoms with Crippen LogP contribution in [0, 0.1) is 0 Å². The fourth-order valence-corrected chi connectivity index (χ4v) is 1.37. The molecule has 0 aliphatic rings. The highest BCUT2D eigenvalue weighted by Crippen LogP contribution is 2.16. The zero-order chi connectivity index (χ0) is 13.1. The van der Waals surface area contributed by atoms with Gasteiger partial charge in [-0.05, 0) is 38.1 Å². The third-order valence-corrected chi connectivity index (χ3v) is 2.60. The lowest BCUT2D eigenvalue weighted by molar-refractivity contribution is -0.121. The molecular weight excluding hydrogens is 216 g/mol. The molecule has 1 rings (SSSR count). The van der Waals surface area contributed by atoms with E-state index < -0.39 is 11.4 Å². The lowest BCUT2D eigenvalue weighted by Crippen LogP contribution is -2.44.